The van der Waals surface area contributed by atoms with Gasteiger partial charge in [0.25, 0.3) is 0 Å². The van der Waals surface area contributed by atoms with Crippen molar-refractivity contribution in [3.8, 4) is 11.1 Å². The number of hydrogen-bond donors (Lipinski definition) is 3. The number of amides is 2. The van der Waals surface area contributed by atoms with Crippen molar-refractivity contribution in [1.29, 1.82) is 0 Å². The van der Waals surface area contributed by atoms with Gasteiger partial charge >= 0.3 is 6.18 Å². The smallest absolute Gasteiger partial charge is 0.367 e. The van der Waals surface area contributed by atoms with Crippen molar-refractivity contribution in [2.75, 3.05) is 36.9 Å². The molecule has 3 N–H and O–H groups in total. The topological polar surface area (TPSA) is 76.7 Å². The SMILES string of the molecule is C[C@@H]1CN(c2ccc(-c3cc(CNC4CCCCC4)ccc3F)cc2NC(=O)C2CNC(=O)CC2C(F)(F)F)C[C@H](C)N1C. The van der Waals surface area contributed by atoms with Crippen LogP contribution in [0.4, 0.5) is 28.9 Å². The number of benzene rings is 2. The van der Waals surface area contributed by atoms with Gasteiger partial charge in [0, 0.05) is 56.3 Å². The molecule has 5 rings (SSSR count). The fraction of sp³-hybridized carbons (Fsp3) is 0.576. The predicted octanol–water partition coefficient (Wildman–Crippen LogP) is 5.70. The van der Waals surface area contributed by atoms with Gasteiger partial charge in [-0.2, -0.15) is 13.2 Å². The van der Waals surface area contributed by atoms with Crippen molar-refractivity contribution in [2.45, 2.75) is 83.2 Å². The third-order valence-corrected chi connectivity index (χ3v) is 9.66. The van der Waals surface area contributed by atoms with E-state index in [0.29, 0.717) is 48.2 Å². The van der Waals surface area contributed by atoms with Gasteiger partial charge in [-0.25, -0.2) is 4.39 Å². The lowest BCUT2D eigenvalue weighted by Gasteiger charge is -2.44. The van der Waals surface area contributed by atoms with Crippen LogP contribution in [-0.2, 0) is 16.1 Å². The first-order chi connectivity index (χ1) is 20.9. The van der Waals surface area contributed by atoms with Crippen LogP contribution in [0.2, 0.25) is 0 Å². The van der Waals surface area contributed by atoms with Crippen molar-refractivity contribution in [3.05, 3.63) is 47.8 Å². The molecule has 2 amide bonds. The maximum atomic E-state index is 15.3. The molecule has 2 aliphatic heterocycles. The fourth-order valence-electron chi connectivity index (χ4n) is 6.78. The summed E-state index contributed by atoms with van der Waals surface area (Å²) in [5.41, 5.74) is 2.77. The van der Waals surface area contributed by atoms with Crippen LogP contribution in [0.3, 0.4) is 0 Å². The number of halogens is 4. The molecule has 2 unspecified atom stereocenters. The van der Waals surface area contributed by atoms with E-state index in [1.807, 2.05) is 13.1 Å². The van der Waals surface area contributed by atoms with Crippen molar-refractivity contribution < 1.29 is 27.2 Å². The molecule has 0 bridgehead atoms. The van der Waals surface area contributed by atoms with Gasteiger partial charge in [0.15, 0.2) is 0 Å². The quantitative estimate of drug-likeness (QED) is 0.348. The Balaban J connectivity index is 1.46. The first kappa shape index (κ1) is 32.2. The van der Waals surface area contributed by atoms with Crippen LogP contribution in [0.1, 0.15) is 57.9 Å². The van der Waals surface area contributed by atoms with Crippen molar-refractivity contribution in [3.63, 3.8) is 0 Å². The van der Waals surface area contributed by atoms with Gasteiger partial charge in [-0.3, -0.25) is 14.5 Å². The lowest BCUT2D eigenvalue weighted by atomic mass is 9.84. The molecule has 0 spiro atoms. The van der Waals surface area contributed by atoms with Gasteiger partial charge in [0.1, 0.15) is 5.82 Å². The molecule has 7 nitrogen and oxygen atoms in total. The standard InChI is InChI=1S/C33H43F4N5O2/c1-20-18-42(19-21(2)41(20)3)30-12-10-23(25-13-22(9-11-28(25)34)16-38-24-7-5-4-6-8-24)14-29(30)40-32(44)26-17-39-31(43)15-27(26)33(35,36)37/h9-14,20-21,24,26-27,38H,4-8,15-19H2,1-3H3,(H,39,43)(H,40,44)/t20-,21+,26?,27?. The molecule has 3 aliphatic rings. The number of nitrogens with one attached hydrogen (secondary N) is 3. The van der Waals surface area contributed by atoms with Gasteiger partial charge < -0.3 is 20.9 Å². The van der Waals surface area contributed by atoms with Crippen LogP contribution in [0.25, 0.3) is 11.1 Å². The maximum Gasteiger partial charge on any atom is 0.393 e. The van der Waals surface area contributed by atoms with Gasteiger partial charge in [0.05, 0.1) is 23.2 Å². The number of piperazine rings is 1. The summed E-state index contributed by atoms with van der Waals surface area (Å²) in [4.78, 5) is 29.6. The minimum absolute atomic E-state index is 0.191. The third-order valence-electron chi connectivity index (χ3n) is 9.66. The van der Waals surface area contributed by atoms with Crippen LogP contribution in [0.15, 0.2) is 36.4 Å². The molecule has 0 radical (unpaired) electrons. The molecule has 2 heterocycles. The number of hydrogen-bond acceptors (Lipinski definition) is 5. The van der Waals surface area contributed by atoms with Crippen molar-refractivity contribution in [2.24, 2.45) is 11.8 Å². The van der Waals surface area contributed by atoms with Crippen LogP contribution in [0, 0.1) is 17.7 Å². The molecule has 0 aromatic heterocycles. The molecule has 4 atom stereocenters. The maximum absolute atomic E-state index is 15.3. The summed E-state index contributed by atoms with van der Waals surface area (Å²) in [5.74, 6) is -5.55. The molecule has 2 aromatic carbocycles. The molecule has 1 aliphatic carbocycles. The second-order valence-electron chi connectivity index (χ2n) is 12.8. The highest BCUT2D eigenvalue weighted by molar-refractivity contribution is 5.98. The molecule has 240 valence electrons. The Hall–Kier alpha value is -3.18. The number of nitrogens with zero attached hydrogens (tertiary/aromatic N) is 2. The minimum atomic E-state index is -4.71. The van der Waals surface area contributed by atoms with Crippen LogP contribution < -0.4 is 20.9 Å². The van der Waals surface area contributed by atoms with Crippen molar-refractivity contribution >= 4 is 23.2 Å². The Kier molecular flexibility index (Phi) is 9.84. The summed E-state index contributed by atoms with van der Waals surface area (Å²) in [6.07, 6.45) is 0.413. The van der Waals surface area contributed by atoms with Crippen molar-refractivity contribution in [1.82, 2.24) is 15.5 Å². The Morgan fingerprint density at radius 2 is 1.73 bits per heavy atom. The lowest BCUT2D eigenvalue weighted by molar-refractivity contribution is -0.197. The normalized spacial score (nSPS) is 25.5. The second kappa shape index (κ2) is 13.4. The number of rotatable bonds is 7. The molecule has 2 saturated heterocycles. The average Bonchev–Trinajstić information content (AvgIpc) is 2.99. The van der Waals surface area contributed by atoms with Gasteiger partial charge in [0.2, 0.25) is 11.8 Å². The second-order valence-corrected chi connectivity index (χ2v) is 12.8. The zero-order valence-corrected chi connectivity index (χ0v) is 25.6. The number of carbonyl (C=O) groups excluding carboxylic acids is 2. The summed E-state index contributed by atoms with van der Waals surface area (Å²) < 4.78 is 56.9. The monoisotopic (exact) mass is 617 g/mol. The van der Waals surface area contributed by atoms with Gasteiger partial charge in [-0.15, -0.1) is 0 Å². The molecular formula is C33H43F4N5O2. The zero-order valence-electron chi connectivity index (χ0n) is 25.6. The van der Waals surface area contributed by atoms with Crippen LogP contribution in [0.5, 0.6) is 0 Å². The van der Waals surface area contributed by atoms with E-state index in [1.165, 1.54) is 25.3 Å². The summed E-state index contributed by atoms with van der Waals surface area (Å²) in [6.45, 7) is 5.67. The van der Waals surface area contributed by atoms with E-state index in [2.05, 4.69) is 39.6 Å². The van der Waals surface area contributed by atoms with E-state index < -0.39 is 48.6 Å². The molecule has 3 fully saturated rings. The Bertz CT molecular complexity index is 1330. The summed E-state index contributed by atoms with van der Waals surface area (Å²) in [7, 11) is 2.05. The molecule has 2 aromatic rings. The fourth-order valence-corrected chi connectivity index (χ4v) is 6.78. The molecule has 11 heteroatoms. The number of piperidine rings is 1. The summed E-state index contributed by atoms with van der Waals surface area (Å²) >= 11 is 0. The number of anilines is 2. The van der Waals surface area contributed by atoms with Crippen LogP contribution in [-0.4, -0.2) is 67.7 Å². The van der Waals surface area contributed by atoms with E-state index in [4.69, 9.17) is 0 Å². The van der Waals surface area contributed by atoms with E-state index in [9.17, 15) is 22.8 Å². The third kappa shape index (κ3) is 7.37. The number of alkyl halides is 3. The van der Waals surface area contributed by atoms with Crippen LogP contribution >= 0.6 is 0 Å². The first-order valence-corrected chi connectivity index (χ1v) is 15.7. The Labute approximate surface area is 256 Å². The van der Waals surface area contributed by atoms with E-state index in [0.717, 1.165) is 18.4 Å². The molecule has 44 heavy (non-hydrogen) atoms. The Morgan fingerprint density at radius 3 is 2.41 bits per heavy atom. The first-order valence-electron chi connectivity index (χ1n) is 15.7. The van der Waals surface area contributed by atoms with E-state index >= 15 is 4.39 Å². The highest BCUT2D eigenvalue weighted by Crippen LogP contribution is 2.39. The highest BCUT2D eigenvalue weighted by Gasteiger charge is 2.50. The highest BCUT2D eigenvalue weighted by atomic mass is 19.4. The number of likely N-dealkylation sites (N-methyl/N-ethyl adjacent to an activating group) is 1. The van der Waals surface area contributed by atoms with E-state index in [-0.39, 0.29) is 12.1 Å². The number of carbonyl (C=O) groups is 2. The lowest BCUT2D eigenvalue weighted by Crippen LogP contribution is -2.55. The van der Waals surface area contributed by atoms with Gasteiger partial charge in [-0.05, 0) is 69.1 Å². The predicted molar refractivity (Wildman–Crippen MR) is 164 cm³/mol. The summed E-state index contributed by atoms with van der Waals surface area (Å²) in [5, 5.41) is 8.76. The summed E-state index contributed by atoms with van der Waals surface area (Å²) in [6, 6.07) is 11.1. The molecular weight excluding hydrogens is 574 g/mol. The molecule has 1 saturated carbocycles. The van der Waals surface area contributed by atoms with E-state index in [1.54, 1.807) is 24.3 Å². The zero-order chi connectivity index (χ0) is 31.6. The Morgan fingerprint density at radius 1 is 1.02 bits per heavy atom. The van der Waals surface area contributed by atoms with Gasteiger partial charge in [-0.1, -0.05) is 31.4 Å². The minimum Gasteiger partial charge on any atom is -0.367 e. The average molecular weight is 618 g/mol. The largest absolute Gasteiger partial charge is 0.393 e.